The molecule has 2 aliphatic rings. The molecule has 22 heavy (non-hydrogen) atoms. The zero-order valence-electron chi connectivity index (χ0n) is 13.1. The molecule has 0 aromatic heterocycles. The highest BCUT2D eigenvalue weighted by Crippen LogP contribution is 2.52. The van der Waals surface area contributed by atoms with Crippen molar-refractivity contribution in [1.82, 2.24) is 0 Å². The van der Waals surface area contributed by atoms with Crippen molar-refractivity contribution >= 4 is 11.4 Å². The number of carbonyl (C=O) groups excluding carboxylic acids is 1. The lowest BCUT2D eigenvalue weighted by atomic mass is 9.71. The predicted molar refractivity (Wildman–Crippen MR) is 83.7 cm³/mol. The largest absolute Gasteiger partial charge is 0.511 e. The molecular formula is C18H22O4. The molecule has 0 aliphatic heterocycles. The summed E-state index contributed by atoms with van der Waals surface area (Å²) in [6.07, 6.45) is 3.91. The van der Waals surface area contributed by atoms with Gasteiger partial charge >= 0.3 is 0 Å². The van der Waals surface area contributed by atoms with Crippen molar-refractivity contribution in [3.63, 3.8) is 0 Å². The van der Waals surface area contributed by atoms with E-state index in [0.717, 1.165) is 36.8 Å². The minimum atomic E-state index is -0.411. The number of benzene rings is 1. The van der Waals surface area contributed by atoms with Gasteiger partial charge in [0.1, 0.15) is 11.5 Å². The van der Waals surface area contributed by atoms with Crippen LogP contribution in [0.15, 0.2) is 24.0 Å². The molecule has 0 bridgehead atoms. The summed E-state index contributed by atoms with van der Waals surface area (Å²) in [7, 11) is 1.71. The maximum absolute atomic E-state index is 12.5. The van der Waals surface area contributed by atoms with Crippen molar-refractivity contribution in [2.24, 2.45) is 5.41 Å². The number of phenolic OH excluding ortho intramolecular Hbond substituents is 1. The van der Waals surface area contributed by atoms with Gasteiger partial charge in [-0.2, -0.15) is 0 Å². The molecule has 0 atom stereocenters. The van der Waals surface area contributed by atoms with Crippen LogP contribution in [0.25, 0.3) is 5.57 Å². The molecule has 1 saturated carbocycles. The topological polar surface area (TPSA) is 66.8 Å². The molecule has 0 unspecified atom stereocenters. The van der Waals surface area contributed by atoms with Crippen LogP contribution in [0.2, 0.25) is 0 Å². The summed E-state index contributed by atoms with van der Waals surface area (Å²) in [5.74, 6) is 0.408. The number of allylic oxidation sites excluding steroid dienone is 2. The molecule has 1 spiro atoms. The number of aliphatic hydroxyl groups excluding tert-OH is 1. The van der Waals surface area contributed by atoms with Gasteiger partial charge in [-0.1, -0.05) is 6.07 Å². The highest BCUT2D eigenvalue weighted by Gasteiger charge is 2.48. The van der Waals surface area contributed by atoms with Crippen molar-refractivity contribution < 1.29 is 19.7 Å². The number of aliphatic hydroxyl groups is 1. The minimum Gasteiger partial charge on any atom is -0.511 e. The van der Waals surface area contributed by atoms with Crippen LogP contribution in [0.5, 0.6) is 5.75 Å². The summed E-state index contributed by atoms with van der Waals surface area (Å²) in [5, 5.41) is 20.3. The Morgan fingerprint density at radius 1 is 1.23 bits per heavy atom. The van der Waals surface area contributed by atoms with Crippen molar-refractivity contribution in [1.29, 1.82) is 0 Å². The second-order valence-electron chi connectivity index (χ2n) is 6.54. The minimum absolute atomic E-state index is 0.00200. The van der Waals surface area contributed by atoms with Crippen LogP contribution in [0.1, 0.15) is 43.2 Å². The first-order valence-corrected chi connectivity index (χ1v) is 7.76. The van der Waals surface area contributed by atoms with E-state index in [1.54, 1.807) is 25.3 Å². The first-order valence-electron chi connectivity index (χ1n) is 7.76. The van der Waals surface area contributed by atoms with Crippen LogP contribution in [-0.2, 0) is 9.53 Å². The number of hydrogen-bond acceptors (Lipinski definition) is 4. The molecule has 2 N–H and O–H groups in total. The zero-order chi connectivity index (χ0) is 15.9. The summed E-state index contributed by atoms with van der Waals surface area (Å²) < 4.78 is 5.39. The molecule has 1 aromatic rings. The van der Waals surface area contributed by atoms with E-state index >= 15 is 0 Å². The SMILES string of the molecule is COC1CCC2(CC1)CC(=O)C(c1ccc(O)cc1C)=C2O. The van der Waals surface area contributed by atoms with E-state index in [9.17, 15) is 15.0 Å². The Kier molecular flexibility index (Phi) is 3.73. The Bertz CT molecular complexity index is 636. The molecule has 2 aliphatic carbocycles. The van der Waals surface area contributed by atoms with Crippen LogP contribution in [0, 0.1) is 12.3 Å². The van der Waals surface area contributed by atoms with Crippen molar-refractivity contribution in [3.05, 3.63) is 35.1 Å². The number of aromatic hydroxyl groups is 1. The van der Waals surface area contributed by atoms with Gasteiger partial charge in [0.15, 0.2) is 5.78 Å². The summed E-state index contributed by atoms with van der Waals surface area (Å²) in [5.41, 5.74) is 1.56. The summed E-state index contributed by atoms with van der Waals surface area (Å²) in [4.78, 5) is 12.5. The number of methoxy groups -OCH3 is 1. The van der Waals surface area contributed by atoms with E-state index in [2.05, 4.69) is 0 Å². The Balaban J connectivity index is 1.99. The molecule has 0 amide bonds. The van der Waals surface area contributed by atoms with Gasteiger partial charge in [-0.05, 0) is 55.9 Å². The van der Waals surface area contributed by atoms with Gasteiger partial charge in [0.2, 0.25) is 0 Å². The second kappa shape index (κ2) is 5.43. The molecule has 4 heteroatoms. The van der Waals surface area contributed by atoms with Crippen LogP contribution in [0.4, 0.5) is 0 Å². The maximum Gasteiger partial charge on any atom is 0.167 e. The molecule has 0 heterocycles. The average molecular weight is 302 g/mol. The van der Waals surface area contributed by atoms with Crippen molar-refractivity contribution in [3.8, 4) is 5.75 Å². The smallest absolute Gasteiger partial charge is 0.167 e. The Hall–Kier alpha value is -1.81. The highest BCUT2D eigenvalue weighted by atomic mass is 16.5. The molecule has 118 valence electrons. The number of carbonyl (C=O) groups is 1. The number of ether oxygens (including phenoxy) is 1. The monoisotopic (exact) mass is 302 g/mol. The van der Waals surface area contributed by atoms with E-state index in [-0.39, 0.29) is 23.4 Å². The number of hydrogen-bond donors (Lipinski definition) is 2. The lowest BCUT2D eigenvalue weighted by Gasteiger charge is -2.36. The van der Waals surface area contributed by atoms with Gasteiger partial charge in [0.05, 0.1) is 11.7 Å². The number of aryl methyl sites for hydroxylation is 1. The standard InChI is InChI=1S/C18H22O4/c1-11-9-12(19)3-4-14(11)16-15(20)10-18(17(16)21)7-5-13(22-2)6-8-18/h3-4,9,13,19,21H,5-8,10H2,1-2H3. The first-order chi connectivity index (χ1) is 10.5. The highest BCUT2D eigenvalue weighted by molar-refractivity contribution is 6.24. The first kappa shape index (κ1) is 15.1. The van der Waals surface area contributed by atoms with Crippen LogP contribution in [-0.4, -0.2) is 29.2 Å². The van der Waals surface area contributed by atoms with Gasteiger partial charge in [-0.3, -0.25) is 4.79 Å². The normalized spacial score (nSPS) is 28.6. The molecule has 4 nitrogen and oxygen atoms in total. The fourth-order valence-corrected chi connectivity index (χ4v) is 3.88. The van der Waals surface area contributed by atoms with Gasteiger partial charge in [0.25, 0.3) is 0 Å². The van der Waals surface area contributed by atoms with E-state index in [1.165, 1.54) is 0 Å². The number of Topliss-reactive ketones (excluding diaryl/α,β-unsaturated/α-hetero) is 1. The van der Waals surface area contributed by atoms with E-state index in [4.69, 9.17) is 4.74 Å². The zero-order valence-corrected chi connectivity index (χ0v) is 13.1. The third-order valence-electron chi connectivity index (χ3n) is 5.22. The third kappa shape index (κ3) is 2.31. The Morgan fingerprint density at radius 2 is 1.91 bits per heavy atom. The molecule has 1 aromatic carbocycles. The van der Waals surface area contributed by atoms with Gasteiger partial charge in [-0.25, -0.2) is 0 Å². The number of phenols is 1. The maximum atomic E-state index is 12.5. The van der Waals surface area contributed by atoms with E-state index in [1.807, 2.05) is 6.92 Å². The summed E-state index contributed by atoms with van der Waals surface area (Å²) in [6, 6.07) is 4.90. The average Bonchev–Trinajstić information content (AvgIpc) is 2.72. The van der Waals surface area contributed by atoms with Gasteiger partial charge in [-0.15, -0.1) is 0 Å². The molecular weight excluding hydrogens is 280 g/mol. The second-order valence-corrected chi connectivity index (χ2v) is 6.54. The fraction of sp³-hybridized carbons (Fsp3) is 0.500. The van der Waals surface area contributed by atoms with E-state index < -0.39 is 5.41 Å². The summed E-state index contributed by atoms with van der Waals surface area (Å²) >= 11 is 0. The number of ketones is 1. The Labute approximate surface area is 130 Å². The summed E-state index contributed by atoms with van der Waals surface area (Å²) in [6.45, 7) is 1.84. The van der Waals surface area contributed by atoms with Gasteiger partial charge in [0, 0.05) is 18.9 Å². The van der Waals surface area contributed by atoms with E-state index in [0.29, 0.717) is 12.0 Å². The predicted octanol–water partition coefficient (Wildman–Crippen LogP) is 3.52. The third-order valence-corrected chi connectivity index (χ3v) is 5.22. The lowest BCUT2D eigenvalue weighted by Crippen LogP contribution is -2.31. The number of rotatable bonds is 2. The quantitative estimate of drug-likeness (QED) is 0.877. The van der Waals surface area contributed by atoms with Gasteiger partial charge < -0.3 is 14.9 Å². The fourth-order valence-electron chi connectivity index (χ4n) is 3.88. The molecule has 1 fully saturated rings. The molecule has 0 radical (unpaired) electrons. The lowest BCUT2D eigenvalue weighted by molar-refractivity contribution is -0.115. The Morgan fingerprint density at radius 3 is 2.50 bits per heavy atom. The molecule has 0 saturated heterocycles. The van der Waals surface area contributed by atoms with Crippen LogP contribution < -0.4 is 0 Å². The van der Waals surface area contributed by atoms with Crippen molar-refractivity contribution in [2.45, 2.75) is 45.1 Å². The van der Waals surface area contributed by atoms with Crippen LogP contribution in [0.3, 0.4) is 0 Å². The van der Waals surface area contributed by atoms with Crippen molar-refractivity contribution in [2.75, 3.05) is 7.11 Å². The molecule has 3 rings (SSSR count). The van der Waals surface area contributed by atoms with Crippen LogP contribution >= 0.6 is 0 Å².